The van der Waals surface area contributed by atoms with Crippen molar-refractivity contribution in [2.45, 2.75) is 26.0 Å². The number of ether oxygens (including phenoxy) is 2. The van der Waals surface area contributed by atoms with Gasteiger partial charge in [0.05, 0.1) is 19.1 Å². The normalized spacial score (nSPS) is 15.4. The van der Waals surface area contributed by atoms with Gasteiger partial charge in [-0.1, -0.05) is 42.5 Å². The highest BCUT2D eigenvalue weighted by molar-refractivity contribution is 5.91. The summed E-state index contributed by atoms with van der Waals surface area (Å²) in [5.74, 6) is 1.68. The van der Waals surface area contributed by atoms with E-state index in [1.807, 2.05) is 37.3 Å². The lowest BCUT2D eigenvalue weighted by atomic mass is 10.0. The molecule has 0 aliphatic carbocycles. The number of nitrogens with one attached hydrogen (secondary N) is 1. The molecule has 0 fully saturated rings. The molecule has 4 aromatic rings. The molecule has 0 saturated carbocycles. The van der Waals surface area contributed by atoms with Crippen LogP contribution in [0.1, 0.15) is 30.5 Å². The number of anilines is 1. The predicted octanol–water partition coefficient (Wildman–Crippen LogP) is 4.34. The van der Waals surface area contributed by atoms with Gasteiger partial charge < -0.3 is 9.47 Å². The average molecular weight is 414 g/mol. The number of hydrogen-bond acceptors (Lipinski definition) is 5. The van der Waals surface area contributed by atoms with E-state index in [0.29, 0.717) is 37.1 Å². The molecule has 1 unspecified atom stereocenters. The number of fused-ring (bicyclic) bond motifs is 2. The highest BCUT2D eigenvalue weighted by Crippen LogP contribution is 2.35. The minimum atomic E-state index is -0.236. The molecule has 1 aliphatic rings. The minimum absolute atomic E-state index is 0.0832. The standard InChI is InChI=1S/C24H22N4O3/c1-2-30-22-12-19(20-13-23(29)27-24-25-15-26-28(20)24)9-10-21(22)31-14-16-7-8-17-5-3-4-6-18(17)11-16/h3-12,15,20H,2,13-14H2,1H3,(H,25,26,27,29). The van der Waals surface area contributed by atoms with E-state index in [-0.39, 0.29) is 11.9 Å². The van der Waals surface area contributed by atoms with Gasteiger partial charge >= 0.3 is 0 Å². The van der Waals surface area contributed by atoms with Gasteiger partial charge in [0.15, 0.2) is 11.5 Å². The third-order valence-electron chi connectivity index (χ3n) is 5.36. The van der Waals surface area contributed by atoms with Gasteiger partial charge in [-0.05, 0) is 47.0 Å². The lowest BCUT2D eigenvalue weighted by Gasteiger charge is -2.24. The third-order valence-corrected chi connectivity index (χ3v) is 5.36. The quantitative estimate of drug-likeness (QED) is 0.508. The highest BCUT2D eigenvalue weighted by Gasteiger charge is 2.28. The van der Waals surface area contributed by atoms with Crippen molar-refractivity contribution in [3.63, 3.8) is 0 Å². The van der Waals surface area contributed by atoms with Crippen LogP contribution in [0.2, 0.25) is 0 Å². The number of carbonyl (C=O) groups is 1. The van der Waals surface area contributed by atoms with Gasteiger partial charge in [0.1, 0.15) is 12.9 Å². The second-order valence-electron chi connectivity index (χ2n) is 7.41. The van der Waals surface area contributed by atoms with E-state index in [0.717, 1.165) is 11.1 Å². The van der Waals surface area contributed by atoms with E-state index in [1.54, 1.807) is 4.68 Å². The largest absolute Gasteiger partial charge is 0.490 e. The molecular formula is C24H22N4O3. The summed E-state index contributed by atoms with van der Waals surface area (Å²) < 4.78 is 13.7. The van der Waals surface area contributed by atoms with Gasteiger partial charge in [0, 0.05) is 0 Å². The maximum Gasteiger partial charge on any atom is 0.229 e. The lowest BCUT2D eigenvalue weighted by Crippen LogP contribution is -2.29. The molecular weight excluding hydrogens is 392 g/mol. The van der Waals surface area contributed by atoms with Gasteiger partial charge in [0.2, 0.25) is 11.9 Å². The summed E-state index contributed by atoms with van der Waals surface area (Å²) in [6.07, 6.45) is 1.73. The Bertz CT molecular complexity index is 1250. The van der Waals surface area contributed by atoms with E-state index in [2.05, 4.69) is 45.7 Å². The van der Waals surface area contributed by atoms with E-state index in [4.69, 9.17) is 9.47 Å². The van der Waals surface area contributed by atoms with E-state index in [1.165, 1.54) is 17.1 Å². The Morgan fingerprint density at radius 1 is 1.03 bits per heavy atom. The molecule has 0 saturated heterocycles. The number of rotatable bonds is 6. The summed E-state index contributed by atoms with van der Waals surface area (Å²) in [6.45, 7) is 2.88. The van der Waals surface area contributed by atoms with Crippen molar-refractivity contribution in [1.29, 1.82) is 0 Å². The molecule has 1 aromatic heterocycles. The first-order valence-corrected chi connectivity index (χ1v) is 10.3. The molecule has 31 heavy (non-hydrogen) atoms. The summed E-state index contributed by atoms with van der Waals surface area (Å²) in [5.41, 5.74) is 2.00. The lowest BCUT2D eigenvalue weighted by molar-refractivity contribution is -0.117. The van der Waals surface area contributed by atoms with Crippen LogP contribution in [0, 0.1) is 0 Å². The van der Waals surface area contributed by atoms with Gasteiger partial charge in [0.25, 0.3) is 0 Å². The fourth-order valence-electron chi connectivity index (χ4n) is 3.87. The van der Waals surface area contributed by atoms with Crippen molar-refractivity contribution in [1.82, 2.24) is 14.8 Å². The van der Waals surface area contributed by atoms with E-state index < -0.39 is 0 Å². The van der Waals surface area contributed by atoms with Crippen LogP contribution in [0.15, 0.2) is 67.0 Å². The molecule has 1 aliphatic heterocycles. The zero-order valence-corrected chi connectivity index (χ0v) is 17.1. The van der Waals surface area contributed by atoms with E-state index >= 15 is 0 Å². The zero-order chi connectivity index (χ0) is 21.2. The molecule has 3 aromatic carbocycles. The van der Waals surface area contributed by atoms with Crippen molar-refractivity contribution in [2.75, 3.05) is 11.9 Å². The Morgan fingerprint density at radius 2 is 1.90 bits per heavy atom. The number of hydrogen-bond donors (Lipinski definition) is 1. The van der Waals surface area contributed by atoms with Crippen molar-refractivity contribution >= 4 is 22.6 Å². The molecule has 0 spiro atoms. The maximum atomic E-state index is 12.1. The third kappa shape index (κ3) is 3.82. The molecule has 7 heteroatoms. The molecule has 5 rings (SSSR count). The van der Waals surface area contributed by atoms with Crippen LogP contribution < -0.4 is 14.8 Å². The summed E-state index contributed by atoms with van der Waals surface area (Å²) in [5, 5.41) is 9.39. The number of carbonyl (C=O) groups excluding carboxylic acids is 1. The van der Waals surface area contributed by atoms with Crippen LogP contribution in [0.5, 0.6) is 11.5 Å². The van der Waals surface area contributed by atoms with Crippen LogP contribution in [-0.4, -0.2) is 27.3 Å². The summed E-state index contributed by atoms with van der Waals surface area (Å²) in [6, 6.07) is 20.1. The summed E-state index contributed by atoms with van der Waals surface area (Å²) in [4.78, 5) is 16.2. The molecule has 2 heterocycles. The zero-order valence-electron chi connectivity index (χ0n) is 17.1. The molecule has 156 valence electrons. The Morgan fingerprint density at radius 3 is 2.77 bits per heavy atom. The van der Waals surface area contributed by atoms with Crippen molar-refractivity contribution in [2.24, 2.45) is 0 Å². The Labute approximate surface area is 179 Å². The van der Waals surface area contributed by atoms with Crippen LogP contribution in [-0.2, 0) is 11.4 Å². The molecule has 1 atom stereocenters. The molecule has 1 amide bonds. The fraction of sp³-hybridized carbons (Fsp3) is 0.208. The topological polar surface area (TPSA) is 78.3 Å². The number of amides is 1. The van der Waals surface area contributed by atoms with Crippen molar-refractivity contribution in [3.8, 4) is 11.5 Å². The molecule has 1 N–H and O–H groups in total. The maximum absolute atomic E-state index is 12.1. The van der Waals surface area contributed by atoms with Gasteiger partial charge in [-0.15, -0.1) is 0 Å². The Balaban J connectivity index is 1.40. The number of nitrogens with zero attached hydrogens (tertiary/aromatic N) is 3. The van der Waals surface area contributed by atoms with Crippen molar-refractivity contribution in [3.05, 3.63) is 78.1 Å². The van der Waals surface area contributed by atoms with Crippen LogP contribution in [0.4, 0.5) is 5.95 Å². The first kappa shape index (κ1) is 19.1. The Kier molecular flexibility index (Phi) is 5.00. The van der Waals surface area contributed by atoms with Crippen LogP contribution >= 0.6 is 0 Å². The minimum Gasteiger partial charge on any atom is -0.490 e. The molecule has 0 radical (unpaired) electrons. The monoisotopic (exact) mass is 414 g/mol. The Hall–Kier alpha value is -3.87. The number of benzene rings is 3. The number of aromatic nitrogens is 3. The first-order chi connectivity index (χ1) is 15.2. The second kappa shape index (κ2) is 8.10. The van der Waals surface area contributed by atoms with Crippen LogP contribution in [0.25, 0.3) is 10.8 Å². The van der Waals surface area contributed by atoms with Crippen molar-refractivity contribution < 1.29 is 14.3 Å². The average Bonchev–Trinajstić information content (AvgIpc) is 3.26. The summed E-state index contributed by atoms with van der Waals surface area (Å²) in [7, 11) is 0. The van der Waals surface area contributed by atoms with Gasteiger partial charge in [-0.2, -0.15) is 10.1 Å². The summed E-state index contributed by atoms with van der Waals surface area (Å²) >= 11 is 0. The first-order valence-electron chi connectivity index (χ1n) is 10.3. The molecule has 0 bridgehead atoms. The van der Waals surface area contributed by atoms with Crippen LogP contribution in [0.3, 0.4) is 0 Å². The SMILES string of the molecule is CCOc1cc(C2CC(=O)Nc3ncnn32)ccc1OCc1ccc2ccccc2c1. The van der Waals surface area contributed by atoms with Gasteiger partial charge in [-0.3, -0.25) is 10.1 Å². The smallest absolute Gasteiger partial charge is 0.229 e. The van der Waals surface area contributed by atoms with Gasteiger partial charge in [-0.25, -0.2) is 4.68 Å². The highest BCUT2D eigenvalue weighted by atomic mass is 16.5. The predicted molar refractivity (Wildman–Crippen MR) is 117 cm³/mol. The second-order valence-corrected chi connectivity index (χ2v) is 7.41. The van der Waals surface area contributed by atoms with E-state index in [9.17, 15) is 4.79 Å². The fourth-order valence-corrected chi connectivity index (χ4v) is 3.87. The molecule has 7 nitrogen and oxygen atoms in total.